The largest absolute Gasteiger partial charge is 0.371 e. The fourth-order valence-electron chi connectivity index (χ4n) is 3.26. The molecule has 1 saturated heterocycles. The van der Waals surface area contributed by atoms with E-state index in [4.69, 9.17) is 19.0 Å². The molecule has 6 heteroatoms. The van der Waals surface area contributed by atoms with Crippen LogP contribution in [-0.4, -0.2) is 56.2 Å². The zero-order valence-corrected chi connectivity index (χ0v) is 15.2. The minimum Gasteiger partial charge on any atom is -0.371 e. The quantitative estimate of drug-likeness (QED) is 0.383. The molecule has 1 fully saturated rings. The number of ether oxygens (including phenoxy) is 3. The monoisotopic (exact) mass is 361 g/mol. The summed E-state index contributed by atoms with van der Waals surface area (Å²) >= 11 is 0. The molecule has 0 aliphatic carbocycles. The van der Waals surface area contributed by atoms with Crippen molar-refractivity contribution in [2.24, 2.45) is 0 Å². The van der Waals surface area contributed by atoms with E-state index in [1.807, 2.05) is 30.3 Å². The molecule has 2 aliphatic rings. The molecule has 0 bridgehead atoms. The van der Waals surface area contributed by atoms with E-state index in [2.05, 4.69) is 12.2 Å². The molecule has 3 atom stereocenters. The summed E-state index contributed by atoms with van der Waals surface area (Å²) in [6.45, 7) is 1.76. The third-order valence-electron chi connectivity index (χ3n) is 4.55. The van der Waals surface area contributed by atoms with Crippen LogP contribution < -0.4 is 0 Å². The third-order valence-corrected chi connectivity index (χ3v) is 4.55. The Hall–Kier alpha value is -1.57. The number of carbonyl (C=O) groups is 1. The Kier molecular flexibility index (Phi) is 7.34. The predicted molar refractivity (Wildman–Crippen MR) is 96.2 cm³/mol. The number of benzene rings is 1. The van der Waals surface area contributed by atoms with E-state index in [0.717, 1.165) is 18.4 Å². The van der Waals surface area contributed by atoms with Crippen molar-refractivity contribution in [3.05, 3.63) is 48.0 Å². The van der Waals surface area contributed by atoms with Gasteiger partial charge in [0.2, 0.25) is 0 Å². The first-order chi connectivity index (χ1) is 12.8. The van der Waals surface area contributed by atoms with Crippen molar-refractivity contribution in [1.82, 2.24) is 5.06 Å². The molecule has 142 valence electrons. The average Bonchev–Trinajstić information content (AvgIpc) is 2.66. The normalized spacial score (nSPS) is 26.0. The second-order valence-corrected chi connectivity index (χ2v) is 6.63. The molecule has 2 heterocycles. The van der Waals surface area contributed by atoms with Crippen LogP contribution in [0.5, 0.6) is 0 Å². The van der Waals surface area contributed by atoms with Gasteiger partial charge in [-0.2, -0.15) is 5.06 Å². The molecule has 1 aromatic carbocycles. The molecule has 0 unspecified atom stereocenters. The fraction of sp³-hybridized carbons (Fsp3) is 0.550. The van der Waals surface area contributed by atoms with Crippen LogP contribution in [0, 0.1) is 0 Å². The zero-order valence-electron chi connectivity index (χ0n) is 15.2. The summed E-state index contributed by atoms with van der Waals surface area (Å²) < 4.78 is 16.2. The molecule has 0 saturated carbocycles. The Morgan fingerprint density at radius 2 is 2.08 bits per heavy atom. The van der Waals surface area contributed by atoms with Crippen molar-refractivity contribution >= 4 is 5.78 Å². The lowest BCUT2D eigenvalue weighted by Crippen LogP contribution is -2.54. The Labute approximate surface area is 154 Å². The maximum atomic E-state index is 12.1. The van der Waals surface area contributed by atoms with E-state index in [1.54, 1.807) is 12.2 Å². The maximum absolute atomic E-state index is 12.1. The van der Waals surface area contributed by atoms with Crippen LogP contribution in [0.25, 0.3) is 0 Å². The van der Waals surface area contributed by atoms with Crippen LogP contribution in [0.2, 0.25) is 0 Å². The Balaban J connectivity index is 1.51. The second-order valence-electron chi connectivity index (χ2n) is 6.63. The third kappa shape index (κ3) is 5.46. The van der Waals surface area contributed by atoms with Crippen molar-refractivity contribution in [2.75, 3.05) is 27.1 Å². The van der Waals surface area contributed by atoms with Gasteiger partial charge >= 0.3 is 0 Å². The summed E-state index contributed by atoms with van der Waals surface area (Å²) in [7, 11) is 1.61. The van der Waals surface area contributed by atoms with E-state index in [0.29, 0.717) is 33.0 Å². The second kappa shape index (κ2) is 9.94. The summed E-state index contributed by atoms with van der Waals surface area (Å²) in [4.78, 5) is 18.1. The van der Waals surface area contributed by atoms with Crippen molar-refractivity contribution in [1.29, 1.82) is 0 Å². The van der Waals surface area contributed by atoms with Crippen LogP contribution in [0.15, 0.2) is 42.5 Å². The summed E-state index contributed by atoms with van der Waals surface area (Å²) in [5.41, 5.74) is 1.10. The molecular weight excluding hydrogens is 334 g/mol. The van der Waals surface area contributed by atoms with Crippen LogP contribution in [-0.2, 0) is 30.4 Å². The SMILES string of the molecule is COCOCCC[C@@H]1C=C[C@@H]2[C@@H](OCc3ccccc3)CC(=O)CN2O1. The van der Waals surface area contributed by atoms with Crippen LogP contribution in [0.4, 0.5) is 0 Å². The van der Waals surface area contributed by atoms with E-state index in [9.17, 15) is 4.79 Å². The molecule has 0 radical (unpaired) electrons. The van der Waals surface area contributed by atoms with E-state index in [-0.39, 0.29) is 24.0 Å². The van der Waals surface area contributed by atoms with Gasteiger partial charge in [-0.25, -0.2) is 0 Å². The number of hydrogen-bond donors (Lipinski definition) is 0. The average molecular weight is 361 g/mol. The molecule has 0 amide bonds. The Bertz CT molecular complexity index is 591. The van der Waals surface area contributed by atoms with Gasteiger partial charge in [0, 0.05) is 20.1 Å². The fourth-order valence-corrected chi connectivity index (χ4v) is 3.26. The molecule has 0 N–H and O–H groups in total. The summed E-state index contributed by atoms with van der Waals surface area (Å²) in [6.07, 6.45) is 6.12. The highest BCUT2D eigenvalue weighted by atomic mass is 16.7. The number of hydroxylamine groups is 2. The number of hydrogen-bond acceptors (Lipinski definition) is 6. The first kappa shape index (κ1) is 19.2. The number of nitrogens with zero attached hydrogens (tertiary/aromatic N) is 1. The summed E-state index contributed by atoms with van der Waals surface area (Å²) in [6, 6.07) is 9.99. The molecule has 26 heavy (non-hydrogen) atoms. The number of piperidine rings is 1. The number of Topliss-reactive ketones (excluding diaryl/α,β-unsaturated/α-hetero) is 1. The summed E-state index contributed by atoms with van der Waals surface area (Å²) in [5, 5.41) is 1.78. The highest BCUT2D eigenvalue weighted by Gasteiger charge is 2.38. The van der Waals surface area contributed by atoms with E-state index < -0.39 is 0 Å². The lowest BCUT2D eigenvalue weighted by molar-refractivity contribution is -0.238. The van der Waals surface area contributed by atoms with Crippen LogP contribution in [0.1, 0.15) is 24.8 Å². The van der Waals surface area contributed by atoms with Crippen molar-refractivity contribution in [3.63, 3.8) is 0 Å². The molecule has 3 rings (SSSR count). The number of carbonyl (C=O) groups excluding carboxylic acids is 1. The Morgan fingerprint density at radius 3 is 2.88 bits per heavy atom. The van der Waals surface area contributed by atoms with Gasteiger partial charge in [-0.1, -0.05) is 42.5 Å². The minimum atomic E-state index is -0.182. The smallest absolute Gasteiger partial charge is 0.151 e. The van der Waals surface area contributed by atoms with Crippen molar-refractivity contribution in [2.45, 2.75) is 44.1 Å². The molecule has 1 aromatic rings. The van der Waals surface area contributed by atoms with Gasteiger partial charge in [-0.15, -0.1) is 0 Å². The van der Waals surface area contributed by atoms with Gasteiger partial charge in [0.05, 0.1) is 31.4 Å². The van der Waals surface area contributed by atoms with Gasteiger partial charge in [0.25, 0.3) is 0 Å². The van der Waals surface area contributed by atoms with Gasteiger partial charge in [0.15, 0.2) is 5.78 Å². The summed E-state index contributed by atoms with van der Waals surface area (Å²) in [5.74, 6) is 0.150. The van der Waals surface area contributed by atoms with E-state index >= 15 is 0 Å². The molecular formula is C20H27NO5. The topological polar surface area (TPSA) is 57.2 Å². The standard InChI is InChI=1S/C20H27NO5/c1-23-15-24-11-5-8-18-9-10-19-20(12-17(22)13-21(19)26-18)25-14-16-6-3-2-4-7-16/h2-4,6-7,9-10,18-20H,5,8,11-15H2,1H3/t18-,19-,20+/m1/s1. The first-order valence-electron chi connectivity index (χ1n) is 9.12. The van der Waals surface area contributed by atoms with Crippen LogP contribution >= 0.6 is 0 Å². The van der Waals surface area contributed by atoms with Gasteiger partial charge in [-0.3, -0.25) is 9.63 Å². The molecule has 0 aromatic heterocycles. The number of rotatable bonds is 9. The maximum Gasteiger partial charge on any atom is 0.151 e. The highest BCUT2D eigenvalue weighted by molar-refractivity contribution is 5.82. The highest BCUT2D eigenvalue weighted by Crippen LogP contribution is 2.26. The zero-order chi connectivity index (χ0) is 18.2. The number of fused-ring (bicyclic) bond motifs is 1. The molecule has 6 nitrogen and oxygen atoms in total. The first-order valence-corrected chi connectivity index (χ1v) is 9.12. The predicted octanol–water partition coefficient (Wildman–Crippen LogP) is 2.49. The molecule has 2 aliphatic heterocycles. The number of ketones is 1. The van der Waals surface area contributed by atoms with Crippen molar-refractivity contribution in [3.8, 4) is 0 Å². The van der Waals surface area contributed by atoms with Gasteiger partial charge in [0.1, 0.15) is 6.79 Å². The van der Waals surface area contributed by atoms with Crippen LogP contribution in [0.3, 0.4) is 0 Å². The molecule has 0 spiro atoms. The van der Waals surface area contributed by atoms with Gasteiger partial charge in [-0.05, 0) is 18.4 Å². The van der Waals surface area contributed by atoms with Crippen molar-refractivity contribution < 1.29 is 23.8 Å². The van der Waals surface area contributed by atoms with Gasteiger partial charge < -0.3 is 14.2 Å². The lowest BCUT2D eigenvalue weighted by Gasteiger charge is -2.41. The number of methoxy groups -OCH3 is 1. The Morgan fingerprint density at radius 1 is 1.23 bits per heavy atom. The minimum absolute atomic E-state index is 0.0163. The van der Waals surface area contributed by atoms with E-state index in [1.165, 1.54) is 0 Å². The lowest BCUT2D eigenvalue weighted by atomic mass is 9.97.